The second-order valence-electron chi connectivity index (χ2n) is 3.87. The molecule has 0 unspecified atom stereocenters. The van der Waals surface area contributed by atoms with Crippen molar-refractivity contribution in [2.24, 2.45) is 0 Å². The van der Waals surface area contributed by atoms with Crippen molar-refractivity contribution in [3.05, 3.63) is 52.9 Å². The van der Waals surface area contributed by atoms with Gasteiger partial charge in [0, 0.05) is 5.69 Å². The molecule has 0 saturated carbocycles. The first kappa shape index (κ1) is 12.1. The highest BCUT2D eigenvalue weighted by Gasteiger charge is 2.02. The molecule has 0 saturated heterocycles. The van der Waals surface area contributed by atoms with Gasteiger partial charge in [0.25, 0.3) is 0 Å². The van der Waals surface area contributed by atoms with E-state index in [9.17, 15) is 0 Å². The first-order chi connectivity index (χ1) is 9.20. The molecule has 0 aliphatic carbocycles. The smallest absolute Gasteiger partial charge is 0.149 e. The molecule has 4 nitrogen and oxygen atoms in total. The van der Waals surface area contributed by atoms with Crippen LogP contribution >= 0.6 is 23.2 Å². The number of nitrogens with zero attached hydrogens (tertiary/aromatic N) is 3. The fourth-order valence-corrected chi connectivity index (χ4v) is 2.16. The van der Waals surface area contributed by atoms with Gasteiger partial charge in [0.05, 0.1) is 17.2 Å². The molecule has 0 fully saturated rings. The molecule has 3 aromatic rings. The maximum atomic E-state index is 5.84. The van der Waals surface area contributed by atoms with E-state index in [0.717, 1.165) is 16.7 Å². The van der Waals surface area contributed by atoms with Crippen LogP contribution < -0.4 is 5.32 Å². The number of pyridine rings is 1. The summed E-state index contributed by atoms with van der Waals surface area (Å²) in [6, 6.07) is 11.0. The van der Waals surface area contributed by atoms with E-state index in [4.69, 9.17) is 23.2 Å². The lowest BCUT2D eigenvalue weighted by Crippen LogP contribution is -1.96. The van der Waals surface area contributed by atoms with E-state index in [-0.39, 0.29) is 0 Å². The molecule has 0 aliphatic rings. The number of benzene rings is 1. The zero-order valence-electron chi connectivity index (χ0n) is 9.64. The monoisotopic (exact) mass is 290 g/mol. The summed E-state index contributed by atoms with van der Waals surface area (Å²) in [5.41, 5.74) is 2.38. The van der Waals surface area contributed by atoms with Crippen molar-refractivity contribution in [2.75, 3.05) is 5.32 Å². The van der Waals surface area contributed by atoms with Crippen LogP contribution in [0.25, 0.3) is 11.0 Å². The highest BCUT2D eigenvalue weighted by molar-refractivity contribution is 6.32. The van der Waals surface area contributed by atoms with Crippen molar-refractivity contribution in [3.8, 4) is 0 Å². The van der Waals surface area contributed by atoms with Crippen molar-refractivity contribution in [1.29, 1.82) is 0 Å². The van der Waals surface area contributed by atoms with Gasteiger partial charge in [-0.05, 0) is 24.3 Å². The summed E-state index contributed by atoms with van der Waals surface area (Å²) < 4.78 is 0. The molecule has 1 aromatic carbocycles. The Morgan fingerprint density at radius 3 is 2.32 bits per heavy atom. The number of halogens is 2. The van der Waals surface area contributed by atoms with Gasteiger partial charge in [-0.15, -0.1) is 0 Å². The lowest BCUT2D eigenvalue weighted by Gasteiger charge is -2.06. The first-order valence-electron chi connectivity index (χ1n) is 5.52. The van der Waals surface area contributed by atoms with Crippen LogP contribution in [0.4, 0.5) is 11.5 Å². The molecule has 0 radical (unpaired) electrons. The lowest BCUT2D eigenvalue weighted by molar-refractivity contribution is 1.27. The topological polar surface area (TPSA) is 50.7 Å². The van der Waals surface area contributed by atoms with Crippen LogP contribution in [0, 0.1) is 0 Å². The standard InChI is InChI=1S/C13H8Cl2N4/c14-11-5-8(6-12(15)19-11)17-13-7-16-9-3-1-2-4-10(9)18-13/h1-7H,(H,17,18,19). The Labute approximate surface area is 119 Å². The minimum Gasteiger partial charge on any atom is -0.339 e. The first-order valence-corrected chi connectivity index (χ1v) is 6.28. The molecule has 19 heavy (non-hydrogen) atoms. The molecule has 0 aliphatic heterocycles. The van der Waals surface area contributed by atoms with Gasteiger partial charge in [0.15, 0.2) is 0 Å². The number of anilines is 2. The number of hydrogen-bond donors (Lipinski definition) is 1. The lowest BCUT2D eigenvalue weighted by atomic mass is 10.3. The average Bonchev–Trinajstić information content (AvgIpc) is 2.37. The van der Waals surface area contributed by atoms with Crippen LogP contribution in [0.1, 0.15) is 0 Å². The van der Waals surface area contributed by atoms with Crippen LogP contribution in [-0.4, -0.2) is 15.0 Å². The van der Waals surface area contributed by atoms with Crippen LogP contribution in [0.3, 0.4) is 0 Å². The fraction of sp³-hybridized carbons (Fsp3) is 0. The number of rotatable bonds is 2. The van der Waals surface area contributed by atoms with E-state index in [2.05, 4.69) is 20.3 Å². The number of para-hydroxylation sites is 2. The third kappa shape index (κ3) is 2.75. The fourth-order valence-electron chi connectivity index (χ4n) is 1.70. The van der Waals surface area contributed by atoms with Crippen LogP contribution in [0.15, 0.2) is 42.6 Å². The van der Waals surface area contributed by atoms with Gasteiger partial charge in [-0.2, -0.15) is 0 Å². The Bertz CT molecular complexity index is 725. The molecular formula is C13H8Cl2N4. The van der Waals surface area contributed by atoms with Crippen LogP contribution in [-0.2, 0) is 0 Å². The Balaban J connectivity index is 1.96. The highest BCUT2D eigenvalue weighted by atomic mass is 35.5. The summed E-state index contributed by atoms with van der Waals surface area (Å²) in [6.45, 7) is 0. The van der Waals surface area contributed by atoms with Gasteiger partial charge >= 0.3 is 0 Å². The van der Waals surface area contributed by atoms with Crippen molar-refractivity contribution in [2.45, 2.75) is 0 Å². The SMILES string of the molecule is Clc1cc(Nc2cnc3ccccc3n2)cc(Cl)n1. The molecule has 0 bridgehead atoms. The minimum atomic E-state index is 0.323. The van der Waals surface area contributed by atoms with Crippen molar-refractivity contribution in [3.63, 3.8) is 0 Å². The van der Waals surface area contributed by atoms with E-state index in [0.29, 0.717) is 16.1 Å². The highest BCUT2D eigenvalue weighted by Crippen LogP contribution is 2.22. The molecule has 6 heteroatoms. The minimum absolute atomic E-state index is 0.323. The molecule has 3 rings (SSSR count). The zero-order chi connectivity index (χ0) is 13.2. The summed E-state index contributed by atoms with van der Waals surface area (Å²) in [5, 5.41) is 3.74. The summed E-state index contributed by atoms with van der Waals surface area (Å²) in [4.78, 5) is 12.6. The average molecular weight is 291 g/mol. The van der Waals surface area contributed by atoms with Gasteiger partial charge in [-0.25, -0.2) is 9.97 Å². The number of aromatic nitrogens is 3. The molecule has 2 heterocycles. The Morgan fingerprint density at radius 2 is 1.58 bits per heavy atom. The third-order valence-electron chi connectivity index (χ3n) is 2.48. The Morgan fingerprint density at radius 1 is 0.895 bits per heavy atom. The van der Waals surface area contributed by atoms with E-state index in [1.54, 1.807) is 18.3 Å². The normalized spacial score (nSPS) is 10.6. The number of fused-ring (bicyclic) bond motifs is 1. The van der Waals surface area contributed by atoms with Gasteiger partial charge in [-0.1, -0.05) is 35.3 Å². The van der Waals surface area contributed by atoms with Gasteiger partial charge in [0.2, 0.25) is 0 Å². The molecule has 94 valence electrons. The molecule has 2 aromatic heterocycles. The largest absolute Gasteiger partial charge is 0.339 e. The quantitative estimate of drug-likeness (QED) is 0.723. The predicted octanol–water partition coefficient (Wildman–Crippen LogP) is 4.08. The maximum Gasteiger partial charge on any atom is 0.149 e. The molecule has 0 spiro atoms. The molecule has 0 atom stereocenters. The number of hydrogen-bond acceptors (Lipinski definition) is 4. The number of nitrogens with one attached hydrogen (secondary N) is 1. The van der Waals surface area contributed by atoms with Gasteiger partial charge in [-0.3, -0.25) is 4.98 Å². The molecular weight excluding hydrogens is 283 g/mol. The van der Waals surface area contributed by atoms with E-state index < -0.39 is 0 Å². The third-order valence-corrected chi connectivity index (χ3v) is 2.87. The Hall–Kier alpha value is -1.91. The van der Waals surface area contributed by atoms with Crippen molar-refractivity contribution >= 4 is 45.7 Å². The second-order valence-corrected chi connectivity index (χ2v) is 4.64. The zero-order valence-corrected chi connectivity index (χ0v) is 11.2. The van der Waals surface area contributed by atoms with E-state index >= 15 is 0 Å². The van der Waals surface area contributed by atoms with Gasteiger partial charge < -0.3 is 5.32 Å². The summed E-state index contributed by atoms with van der Waals surface area (Å²) in [7, 11) is 0. The van der Waals surface area contributed by atoms with E-state index in [1.807, 2.05) is 24.3 Å². The molecule has 0 amide bonds. The summed E-state index contributed by atoms with van der Waals surface area (Å²) in [5.74, 6) is 0.622. The maximum absolute atomic E-state index is 5.84. The second kappa shape index (κ2) is 4.99. The summed E-state index contributed by atoms with van der Waals surface area (Å²) in [6.07, 6.45) is 1.66. The van der Waals surface area contributed by atoms with Gasteiger partial charge in [0.1, 0.15) is 16.1 Å². The van der Waals surface area contributed by atoms with Crippen molar-refractivity contribution < 1.29 is 0 Å². The Kier molecular flexibility index (Phi) is 3.19. The van der Waals surface area contributed by atoms with Crippen LogP contribution in [0.2, 0.25) is 10.3 Å². The van der Waals surface area contributed by atoms with E-state index in [1.165, 1.54) is 0 Å². The molecule has 1 N–H and O–H groups in total. The summed E-state index contributed by atoms with van der Waals surface area (Å²) >= 11 is 11.7. The van der Waals surface area contributed by atoms with Crippen molar-refractivity contribution in [1.82, 2.24) is 15.0 Å². The van der Waals surface area contributed by atoms with Crippen LogP contribution in [0.5, 0.6) is 0 Å². The predicted molar refractivity (Wildman–Crippen MR) is 77.1 cm³/mol.